The van der Waals surface area contributed by atoms with Crippen molar-refractivity contribution >= 4 is 5.91 Å². The Bertz CT molecular complexity index is 388. The molecule has 0 aliphatic carbocycles. The number of benzene rings is 1. The van der Waals surface area contributed by atoms with Gasteiger partial charge in [-0.15, -0.1) is 0 Å². The Morgan fingerprint density at radius 2 is 2.16 bits per heavy atom. The molecule has 2 unspecified atom stereocenters. The molecule has 0 spiro atoms. The van der Waals surface area contributed by atoms with E-state index >= 15 is 0 Å². The molecule has 0 saturated carbocycles. The maximum Gasteiger partial charge on any atom is 0.237 e. The fourth-order valence-corrected chi connectivity index (χ4v) is 2.37. The van der Waals surface area contributed by atoms with Gasteiger partial charge in [-0.05, 0) is 31.4 Å². The van der Waals surface area contributed by atoms with Gasteiger partial charge in [0.2, 0.25) is 5.91 Å². The number of rotatable bonds is 5. The largest absolute Gasteiger partial charge is 0.388 e. The molecule has 3 N–H and O–H groups in total. The summed E-state index contributed by atoms with van der Waals surface area (Å²) in [5.74, 6) is 0.0555. The number of hydrogen-bond donors (Lipinski definition) is 3. The molecule has 4 heteroatoms. The molecule has 4 nitrogen and oxygen atoms in total. The fraction of sp³-hybridized carbons (Fsp3) is 0.533. The van der Waals surface area contributed by atoms with Crippen molar-refractivity contribution in [3.8, 4) is 0 Å². The molecule has 2 rings (SSSR count). The minimum Gasteiger partial charge on any atom is -0.388 e. The Kier molecular flexibility index (Phi) is 5.36. The van der Waals surface area contributed by atoms with Crippen molar-refractivity contribution in [1.82, 2.24) is 10.6 Å². The van der Waals surface area contributed by atoms with Crippen LogP contribution in [0.2, 0.25) is 0 Å². The maximum atomic E-state index is 11.9. The lowest BCUT2D eigenvalue weighted by Crippen LogP contribution is -2.46. The average Bonchev–Trinajstić information content (AvgIpc) is 2.49. The predicted molar refractivity (Wildman–Crippen MR) is 74.7 cm³/mol. The van der Waals surface area contributed by atoms with E-state index in [1.54, 1.807) is 0 Å². The average molecular weight is 262 g/mol. The van der Waals surface area contributed by atoms with Crippen molar-refractivity contribution in [3.63, 3.8) is 0 Å². The summed E-state index contributed by atoms with van der Waals surface area (Å²) in [6.45, 7) is 1.43. The first-order valence-corrected chi connectivity index (χ1v) is 7.01. The number of carbonyl (C=O) groups excluding carboxylic acids is 1. The van der Waals surface area contributed by atoms with Gasteiger partial charge < -0.3 is 15.7 Å². The predicted octanol–water partition coefficient (Wildman–Crippen LogP) is 1.37. The summed E-state index contributed by atoms with van der Waals surface area (Å²) in [5, 5.41) is 16.1. The second-order valence-corrected chi connectivity index (χ2v) is 5.01. The van der Waals surface area contributed by atoms with Crippen LogP contribution < -0.4 is 10.6 Å². The highest BCUT2D eigenvalue weighted by Crippen LogP contribution is 2.15. The van der Waals surface area contributed by atoms with Crippen LogP contribution in [0.15, 0.2) is 30.3 Å². The van der Waals surface area contributed by atoms with E-state index in [4.69, 9.17) is 0 Å². The Morgan fingerprint density at radius 3 is 2.84 bits per heavy atom. The zero-order chi connectivity index (χ0) is 13.5. The lowest BCUT2D eigenvalue weighted by molar-refractivity contribution is -0.123. The topological polar surface area (TPSA) is 61.4 Å². The molecule has 2 atom stereocenters. The van der Waals surface area contributed by atoms with E-state index in [-0.39, 0.29) is 11.9 Å². The van der Waals surface area contributed by atoms with Gasteiger partial charge >= 0.3 is 0 Å². The van der Waals surface area contributed by atoms with Crippen LogP contribution in [0.1, 0.15) is 37.4 Å². The van der Waals surface area contributed by atoms with Crippen molar-refractivity contribution in [2.45, 2.75) is 37.8 Å². The Morgan fingerprint density at radius 1 is 1.37 bits per heavy atom. The molecule has 0 radical (unpaired) electrons. The van der Waals surface area contributed by atoms with E-state index in [1.165, 1.54) is 0 Å². The highest BCUT2D eigenvalue weighted by molar-refractivity contribution is 5.81. The molecule has 0 aromatic heterocycles. The molecule has 1 heterocycles. The lowest BCUT2D eigenvalue weighted by atomic mass is 10.0. The smallest absolute Gasteiger partial charge is 0.237 e. The maximum absolute atomic E-state index is 11.9. The third-order valence-corrected chi connectivity index (χ3v) is 3.53. The van der Waals surface area contributed by atoms with Crippen molar-refractivity contribution in [1.29, 1.82) is 0 Å². The third kappa shape index (κ3) is 4.33. The summed E-state index contributed by atoms with van der Waals surface area (Å²) in [4.78, 5) is 11.9. The Balaban J connectivity index is 1.69. The Hall–Kier alpha value is -1.39. The van der Waals surface area contributed by atoms with Gasteiger partial charge in [0.05, 0.1) is 12.1 Å². The molecule has 0 bridgehead atoms. The van der Waals surface area contributed by atoms with E-state index in [2.05, 4.69) is 10.6 Å². The van der Waals surface area contributed by atoms with E-state index in [1.807, 2.05) is 30.3 Å². The number of aliphatic hydroxyl groups is 1. The highest BCUT2D eigenvalue weighted by atomic mass is 16.3. The van der Waals surface area contributed by atoms with Crippen molar-refractivity contribution < 1.29 is 9.90 Å². The van der Waals surface area contributed by atoms with Gasteiger partial charge in [-0.2, -0.15) is 0 Å². The zero-order valence-electron chi connectivity index (χ0n) is 11.1. The van der Waals surface area contributed by atoms with Crippen LogP contribution in [0, 0.1) is 0 Å². The monoisotopic (exact) mass is 262 g/mol. The number of nitrogens with one attached hydrogen (secondary N) is 2. The molecular formula is C15H22N2O2. The summed E-state index contributed by atoms with van der Waals surface area (Å²) in [6.07, 6.45) is 3.20. The number of piperidine rings is 1. The minimum atomic E-state index is -0.513. The number of hydrogen-bond acceptors (Lipinski definition) is 3. The summed E-state index contributed by atoms with van der Waals surface area (Å²) in [5.41, 5.74) is 0.896. The molecule has 1 aromatic rings. The van der Waals surface area contributed by atoms with Crippen LogP contribution in [0.3, 0.4) is 0 Å². The van der Waals surface area contributed by atoms with E-state index in [0.29, 0.717) is 13.0 Å². The van der Waals surface area contributed by atoms with Crippen LogP contribution in [0.4, 0.5) is 0 Å². The number of amides is 1. The molecule has 104 valence electrons. The van der Waals surface area contributed by atoms with Crippen molar-refractivity contribution in [2.75, 3.05) is 13.1 Å². The van der Waals surface area contributed by atoms with Gasteiger partial charge in [-0.1, -0.05) is 36.8 Å². The third-order valence-electron chi connectivity index (χ3n) is 3.53. The van der Waals surface area contributed by atoms with Crippen molar-refractivity contribution in [2.24, 2.45) is 0 Å². The second-order valence-electron chi connectivity index (χ2n) is 5.01. The van der Waals surface area contributed by atoms with Crippen LogP contribution in [0.5, 0.6) is 0 Å². The van der Waals surface area contributed by atoms with Gasteiger partial charge in [0, 0.05) is 6.54 Å². The number of carbonyl (C=O) groups is 1. The molecule has 1 fully saturated rings. The van der Waals surface area contributed by atoms with Crippen LogP contribution in [0.25, 0.3) is 0 Å². The van der Waals surface area contributed by atoms with E-state index < -0.39 is 6.10 Å². The lowest BCUT2D eigenvalue weighted by Gasteiger charge is -2.22. The molecule has 1 aliphatic heterocycles. The fourth-order valence-electron chi connectivity index (χ4n) is 2.37. The molecule has 1 aliphatic rings. The molecule has 19 heavy (non-hydrogen) atoms. The molecule has 1 amide bonds. The van der Waals surface area contributed by atoms with Crippen molar-refractivity contribution in [3.05, 3.63) is 35.9 Å². The van der Waals surface area contributed by atoms with Gasteiger partial charge in [-0.25, -0.2) is 0 Å². The molecule has 1 aromatic carbocycles. The standard InChI is InChI=1S/C15H22N2O2/c18-14(12-6-2-1-3-7-12)9-11-17-15(19)13-8-4-5-10-16-13/h1-3,6-7,13-14,16,18H,4-5,8-11H2,(H,17,19). The normalized spacial score (nSPS) is 20.8. The molecular weight excluding hydrogens is 240 g/mol. The highest BCUT2D eigenvalue weighted by Gasteiger charge is 2.20. The SMILES string of the molecule is O=C(NCCC(O)c1ccccc1)C1CCCCN1. The van der Waals surface area contributed by atoms with Gasteiger partial charge in [0.25, 0.3) is 0 Å². The first kappa shape index (κ1) is 14.0. The van der Waals surface area contributed by atoms with Crippen LogP contribution in [-0.2, 0) is 4.79 Å². The summed E-state index contributed by atoms with van der Waals surface area (Å²) in [7, 11) is 0. The first-order chi connectivity index (χ1) is 9.27. The summed E-state index contributed by atoms with van der Waals surface area (Å²) < 4.78 is 0. The summed E-state index contributed by atoms with van der Waals surface area (Å²) >= 11 is 0. The van der Waals surface area contributed by atoms with Crippen LogP contribution >= 0.6 is 0 Å². The second kappa shape index (κ2) is 7.26. The Labute approximate surface area is 114 Å². The van der Waals surface area contributed by atoms with Gasteiger partial charge in [0.15, 0.2) is 0 Å². The van der Waals surface area contributed by atoms with E-state index in [0.717, 1.165) is 31.4 Å². The quantitative estimate of drug-likeness (QED) is 0.751. The summed E-state index contributed by atoms with van der Waals surface area (Å²) in [6, 6.07) is 9.48. The van der Waals surface area contributed by atoms with Gasteiger partial charge in [0.1, 0.15) is 0 Å². The first-order valence-electron chi connectivity index (χ1n) is 7.01. The van der Waals surface area contributed by atoms with Crippen LogP contribution in [-0.4, -0.2) is 30.1 Å². The minimum absolute atomic E-state index is 0.0531. The van der Waals surface area contributed by atoms with E-state index in [9.17, 15) is 9.90 Å². The van der Waals surface area contributed by atoms with Gasteiger partial charge in [-0.3, -0.25) is 4.79 Å². The number of aliphatic hydroxyl groups excluding tert-OH is 1. The zero-order valence-corrected chi connectivity index (χ0v) is 11.1. The molecule has 1 saturated heterocycles.